The van der Waals surface area contributed by atoms with Gasteiger partial charge in [-0.1, -0.05) is 127 Å². The molecule has 0 saturated heterocycles. The molecule has 3 heteroatoms. The molecule has 5 aromatic rings. The van der Waals surface area contributed by atoms with Gasteiger partial charge in [-0.15, -0.1) is 0 Å². The van der Waals surface area contributed by atoms with Crippen molar-refractivity contribution in [2.24, 2.45) is 0 Å². The zero-order chi connectivity index (χ0) is 25.2. The van der Waals surface area contributed by atoms with E-state index in [1.165, 1.54) is 38.1 Å². The zero-order valence-electron chi connectivity index (χ0n) is 20.8. The Kier molecular flexibility index (Phi) is 6.20. The maximum Gasteiger partial charge on any atom is 0.221 e. The average Bonchev–Trinajstić information content (AvgIpc) is 2.94. The molecular weight excluding hydrogens is 469 g/mol. The van der Waals surface area contributed by atoms with Gasteiger partial charge < -0.3 is 5.32 Å². The third-order valence-electron chi connectivity index (χ3n) is 7.15. The van der Waals surface area contributed by atoms with Gasteiger partial charge in [0.05, 0.1) is 0 Å². The Morgan fingerprint density at radius 3 is 2.05 bits per heavy atom. The molecule has 1 N–H and O–H groups in total. The standard InChI is InChI=1S/C34H28NOP/c1-25(36)35-32-21-20-27-13-10-11-19-31(27)33(32)34(23-22-26-12-8-9-14-28(26)24-34)37(29-15-4-2-5-16-29)30-17-6-3-7-18-30/h2-23H,24H2,1H3,(H,35,36). The first-order valence-corrected chi connectivity index (χ1v) is 14.0. The molecule has 0 fully saturated rings. The molecule has 0 saturated carbocycles. The van der Waals surface area contributed by atoms with Crippen LogP contribution in [-0.4, -0.2) is 5.91 Å². The number of hydrogen-bond acceptors (Lipinski definition) is 1. The van der Waals surface area contributed by atoms with Crippen LogP contribution < -0.4 is 15.9 Å². The molecule has 5 aromatic carbocycles. The SMILES string of the molecule is CC(=O)Nc1ccc2ccccc2c1C1(P(c2ccccc2)c2ccccc2)C=Cc2ccccc2C1. The molecule has 6 rings (SSSR count). The van der Waals surface area contributed by atoms with Gasteiger partial charge in [-0.3, -0.25) is 4.79 Å². The van der Waals surface area contributed by atoms with Crippen LogP contribution in [0.15, 0.2) is 127 Å². The quantitative estimate of drug-likeness (QED) is 0.252. The summed E-state index contributed by atoms with van der Waals surface area (Å²) in [4.78, 5) is 12.5. The van der Waals surface area contributed by atoms with E-state index in [2.05, 4.69) is 139 Å². The fraction of sp³-hybridized carbons (Fsp3) is 0.0882. The molecule has 1 amide bonds. The van der Waals surface area contributed by atoms with Gasteiger partial charge in [0.25, 0.3) is 0 Å². The van der Waals surface area contributed by atoms with Crippen molar-refractivity contribution >= 4 is 47.0 Å². The molecule has 1 unspecified atom stereocenters. The fourth-order valence-electron chi connectivity index (χ4n) is 5.67. The smallest absolute Gasteiger partial charge is 0.221 e. The van der Waals surface area contributed by atoms with Crippen LogP contribution in [0.25, 0.3) is 16.8 Å². The highest BCUT2D eigenvalue weighted by Crippen LogP contribution is 2.61. The molecule has 0 aliphatic heterocycles. The maximum atomic E-state index is 12.5. The van der Waals surface area contributed by atoms with Crippen molar-refractivity contribution in [3.63, 3.8) is 0 Å². The van der Waals surface area contributed by atoms with Crippen LogP contribution in [0.5, 0.6) is 0 Å². The summed E-state index contributed by atoms with van der Waals surface area (Å²) >= 11 is 0. The molecule has 1 aliphatic rings. The van der Waals surface area contributed by atoms with E-state index in [9.17, 15) is 4.79 Å². The Morgan fingerprint density at radius 1 is 0.730 bits per heavy atom. The lowest BCUT2D eigenvalue weighted by Gasteiger charge is -2.44. The predicted octanol–water partition coefficient (Wildman–Crippen LogP) is 7.40. The minimum atomic E-state index is -0.907. The van der Waals surface area contributed by atoms with Crippen LogP contribution in [0.1, 0.15) is 23.6 Å². The molecule has 0 aromatic heterocycles. The Bertz CT molecular complexity index is 1570. The van der Waals surface area contributed by atoms with Crippen LogP contribution >= 0.6 is 7.92 Å². The van der Waals surface area contributed by atoms with Crippen LogP contribution in [-0.2, 0) is 16.4 Å². The van der Waals surface area contributed by atoms with Crippen molar-refractivity contribution in [1.82, 2.24) is 0 Å². The number of hydrogen-bond donors (Lipinski definition) is 1. The molecule has 37 heavy (non-hydrogen) atoms. The maximum absolute atomic E-state index is 12.5. The lowest BCUT2D eigenvalue weighted by Crippen LogP contribution is -2.36. The summed E-state index contributed by atoms with van der Waals surface area (Å²) in [6, 6.07) is 43.2. The monoisotopic (exact) mass is 497 g/mol. The summed E-state index contributed by atoms with van der Waals surface area (Å²) in [6.45, 7) is 1.59. The van der Waals surface area contributed by atoms with Crippen LogP contribution in [0.3, 0.4) is 0 Å². The van der Waals surface area contributed by atoms with E-state index in [0.717, 1.165) is 12.1 Å². The van der Waals surface area contributed by atoms with Crippen molar-refractivity contribution in [2.75, 3.05) is 5.32 Å². The second-order valence-electron chi connectivity index (χ2n) is 9.53. The van der Waals surface area contributed by atoms with Crippen LogP contribution in [0.4, 0.5) is 5.69 Å². The minimum Gasteiger partial charge on any atom is -0.326 e. The third-order valence-corrected chi connectivity index (χ3v) is 10.1. The number of amides is 1. The largest absolute Gasteiger partial charge is 0.326 e. The molecule has 1 atom stereocenters. The second kappa shape index (κ2) is 9.81. The first-order chi connectivity index (χ1) is 18.2. The number of anilines is 1. The molecule has 1 aliphatic carbocycles. The summed E-state index contributed by atoms with van der Waals surface area (Å²) in [5, 5.41) is 7.80. The van der Waals surface area contributed by atoms with E-state index in [1.807, 2.05) is 0 Å². The van der Waals surface area contributed by atoms with Gasteiger partial charge in [0.2, 0.25) is 5.91 Å². The Labute approximate surface area is 219 Å². The highest BCUT2D eigenvalue weighted by molar-refractivity contribution is 7.74. The third kappa shape index (κ3) is 4.28. The van der Waals surface area contributed by atoms with Crippen LogP contribution in [0, 0.1) is 0 Å². The van der Waals surface area contributed by atoms with E-state index in [-0.39, 0.29) is 11.1 Å². The highest BCUT2D eigenvalue weighted by atomic mass is 31.1. The van der Waals surface area contributed by atoms with Gasteiger partial charge in [0.1, 0.15) is 0 Å². The normalized spacial score (nSPS) is 16.5. The molecule has 0 spiro atoms. The van der Waals surface area contributed by atoms with Crippen LogP contribution in [0.2, 0.25) is 0 Å². The Hall–Kier alpha value is -4.00. The summed E-state index contributed by atoms with van der Waals surface area (Å²) in [5.41, 5.74) is 4.65. The lowest BCUT2D eigenvalue weighted by atomic mass is 9.81. The number of carbonyl (C=O) groups excluding carboxylic acids is 1. The van der Waals surface area contributed by atoms with E-state index >= 15 is 0 Å². The van der Waals surface area contributed by atoms with Gasteiger partial charge in [-0.05, 0) is 58.5 Å². The van der Waals surface area contributed by atoms with Gasteiger partial charge in [0, 0.05) is 17.8 Å². The van der Waals surface area contributed by atoms with Crippen molar-refractivity contribution < 1.29 is 4.79 Å². The number of benzene rings is 5. The van der Waals surface area contributed by atoms with E-state index in [1.54, 1.807) is 6.92 Å². The van der Waals surface area contributed by atoms with Gasteiger partial charge in [-0.25, -0.2) is 0 Å². The molecule has 180 valence electrons. The Morgan fingerprint density at radius 2 is 1.35 bits per heavy atom. The van der Waals surface area contributed by atoms with E-state index in [4.69, 9.17) is 0 Å². The van der Waals surface area contributed by atoms with Gasteiger partial charge in [-0.2, -0.15) is 0 Å². The summed E-state index contributed by atoms with van der Waals surface area (Å²) in [5.74, 6) is -0.0596. The van der Waals surface area contributed by atoms with Crippen molar-refractivity contribution in [1.29, 1.82) is 0 Å². The van der Waals surface area contributed by atoms with E-state index in [0.29, 0.717) is 0 Å². The van der Waals surface area contributed by atoms with Crippen molar-refractivity contribution in [3.05, 3.63) is 144 Å². The lowest BCUT2D eigenvalue weighted by molar-refractivity contribution is -0.114. The molecule has 0 heterocycles. The molecule has 0 radical (unpaired) electrons. The number of nitrogens with one attached hydrogen (secondary N) is 1. The van der Waals surface area contributed by atoms with E-state index < -0.39 is 7.92 Å². The minimum absolute atomic E-state index is 0.0596. The Balaban J connectivity index is 1.74. The first-order valence-electron chi connectivity index (χ1n) is 12.6. The van der Waals surface area contributed by atoms with Gasteiger partial charge in [0.15, 0.2) is 0 Å². The van der Waals surface area contributed by atoms with Crippen molar-refractivity contribution in [3.8, 4) is 0 Å². The summed E-state index contributed by atoms with van der Waals surface area (Å²) in [6.07, 6.45) is 5.56. The average molecular weight is 498 g/mol. The predicted molar refractivity (Wildman–Crippen MR) is 158 cm³/mol. The molecule has 0 bridgehead atoms. The number of fused-ring (bicyclic) bond motifs is 2. The highest BCUT2D eigenvalue weighted by Gasteiger charge is 2.44. The van der Waals surface area contributed by atoms with Crippen molar-refractivity contribution in [2.45, 2.75) is 18.5 Å². The van der Waals surface area contributed by atoms with Gasteiger partial charge >= 0.3 is 0 Å². The second-order valence-corrected chi connectivity index (χ2v) is 12.0. The fourth-order valence-corrected chi connectivity index (χ4v) is 8.84. The summed E-state index contributed by atoms with van der Waals surface area (Å²) in [7, 11) is -0.907. The number of carbonyl (C=O) groups is 1. The molecular formula is C34H28NOP. The molecule has 2 nitrogen and oxygen atoms in total. The first kappa shape index (κ1) is 23.4. The zero-order valence-corrected chi connectivity index (χ0v) is 21.7. The number of rotatable bonds is 5. The number of allylic oxidation sites excluding steroid dienone is 1. The summed E-state index contributed by atoms with van der Waals surface area (Å²) < 4.78 is 0. The topological polar surface area (TPSA) is 29.1 Å².